The molecule has 2 heteroatoms. The van der Waals surface area contributed by atoms with Crippen LogP contribution in [0.3, 0.4) is 0 Å². The molecule has 104 valence electrons. The third kappa shape index (κ3) is 1.83. The van der Waals surface area contributed by atoms with Gasteiger partial charge in [-0.15, -0.1) is 0 Å². The number of rotatable bonds is 3. The molecule has 3 rings (SSSR count). The van der Waals surface area contributed by atoms with Gasteiger partial charge in [0, 0.05) is 16.7 Å². The molecule has 0 unspecified atom stereocenters. The number of hydrogen-bond acceptors (Lipinski definition) is 2. The molecule has 0 N–H and O–H groups in total. The lowest BCUT2D eigenvalue weighted by Crippen LogP contribution is -2.29. The summed E-state index contributed by atoms with van der Waals surface area (Å²) in [6.45, 7) is 9.23. The summed E-state index contributed by atoms with van der Waals surface area (Å²) in [6.07, 6.45) is 1.69. The minimum Gasteiger partial charge on any atom is -0.441 e. The molecule has 0 aliphatic heterocycles. The molecule has 0 aromatic heterocycles. The molecule has 2 nitrogen and oxygen atoms in total. The summed E-state index contributed by atoms with van der Waals surface area (Å²) in [4.78, 5) is 12.1. The fourth-order valence-electron chi connectivity index (χ4n) is 2.83. The van der Waals surface area contributed by atoms with E-state index in [1.165, 1.54) is 0 Å². The Labute approximate surface area is 124 Å². The van der Waals surface area contributed by atoms with E-state index in [0.29, 0.717) is 5.57 Å². The molecule has 0 bridgehead atoms. The van der Waals surface area contributed by atoms with Gasteiger partial charge in [0.15, 0.2) is 5.60 Å². The number of hydrogen-bond donors (Lipinski definition) is 0. The standard InChI is InChI=1S/C19H16O2/c1-4-19(21-18(20)13(2)3)16-11-7-5-9-14(16)15-10-6-8-12-17(15)19/h4-12H,1-2H2,3H3. The van der Waals surface area contributed by atoms with Crippen molar-refractivity contribution in [3.63, 3.8) is 0 Å². The second-order valence-electron chi connectivity index (χ2n) is 5.20. The Balaban J connectivity index is 2.27. The summed E-state index contributed by atoms with van der Waals surface area (Å²) >= 11 is 0. The van der Waals surface area contributed by atoms with Crippen LogP contribution in [0.1, 0.15) is 18.1 Å². The lowest BCUT2D eigenvalue weighted by molar-refractivity contribution is -0.147. The summed E-state index contributed by atoms with van der Waals surface area (Å²) in [5.41, 5.74) is 3.46. The van der Waals surface area contributed by atoms with Gasteiger partial charge in [-0.05, 0) is 24.1 Å². The van der Waals surface area contributed by atoms with Crippen LogP contribution >= 0.6 is 0 Å². The van der Waals surface area contributed by atoms with Crippen LogP contribution in [-0.4, -0.2) is 5.97 Å². The molecule has 0 spiro atoms. The van der Waals surface area contributed by atoms with Gasteiger partial charge in [0.25, 0.3) is 0 Å². The molecule has 0 fully saturated rings. The Morgan fingerprint density at radius 3 is 1.95 bits per heavy atom. The van der Waals surface area contributed by atoms with Gasteiger partial charge in [0.05, 0.1) is 0 Å². The molecule has 2 aromatic carbocycles. The summed E-state index contributed by atoms with van der Waals surface area (Å²) in [6, 6.07) is 15.9. The van der Waals surface area contributed by atoms with Crippen molar-refractivity contribution in [2.45, 2.75) is 12.5 Å². The van der Waals surface area contributed by atoms with E-state index in [2.05, 4.69) is 13.2 Å². The molecule has 0 saturated carbocycles. The van der Waals surface area contributed by atoms with Gasteiger partial charge >= 0.3 is 5.97 Å². The van der Waals surface area contributed by atoms with E-state index in [1.54, 1.807) is 13.0 Å². The first-order valence-corrected chi connectivity index (χ1v) is 6.82. The maximum absolute atomic E-state index is 12.1. The van der Waals surface area contributed by atoms with Crippen molar-refractivity contribution in [2.24, 2.45) is 0 Å². The fraction of sp³-hybridized carbons (Fsp3) is 0.105. The van der Waals surface area contributed by atoms with Crippen LogP contribution < -0.4 is 0 Å². The predicted octanol–water partition coefficient (Wildman–Crippen LogP) is 4.22. The summed E-state index contributed by atoms with van der Waals surface area (Å²) < 4.78 is 5.81. The van der Waals surface area contributed by atoms with Gasteiger partial charge in [-0.25, -0.2) is 4.79 Å². The zero-order valence-corrected chi connectivity index (χ0v) is 11.9. The average Bonchev–Trinajstić information content (AvgIpc) is 2.79. The predicted molar refractivity (Wildman–Crippen MR) is 83.8 cm³/mol. The second kappa shape index (κ2) is 4.74. The topological polar surface area (TPSA) is 26.3 Å². The highest BCUT2D eigenvalue weighted by molar-refractivity contribution is 5.90. The van der Waals surface area contributed by atoms with E-state index < -0.39 is 11.6 Å². The monoisotopic (exact) mass is 276 g/mol. The second-order valence-corrected chi connectivity index (χ2v) is 5.20. The van der Waals surface area contributed by atoms with Crippen molar-refractivity contribution >= 4 is 5.97 Å². The summed E-state index contributed by atoms with van der Waals surface area (Å²) in [7, 11) is 0. The van der Waals surface area contributed by atoms with Gasteiger partial charge in [0.1, 0.15) is 0 Å². The highest BCUT2D eigenvalue weighted by Crippen LogP contribution is 2.50. The molecule has 2 aromatic rings. The Morgan fingerprint density at radius 2 is 1.52 bits per heavy atom. The smallest absolute Gasteiger partial charge is 0.334 e. The van der Waals surface area contributed by atoms with E-state index in [4.69, 9.17) is 4.74 Å². The number of benzene rings is 2. The Bertz CT molecular complexity index is 710. The third-order valence-electron chi connectivity index (χ3n) is 3.83. The van der Waals surface area contributed by atoms with Gasteiger partial charge < -0.3 is 4.74 Å². The first-order chi connectivity index (χ1) is 10.1. The molecular weight excluding hydrogens is 260 g/mol. The summed E-state index contributed by atoms with van der Waals surface area (Å²) in [5, 5.41) is 0. The average molecular weight is 276 g/mol. The normalized spacial score (nSPS) is 14.0. The van der Waals surface area contributed by atoms with Gasteiger partial charge in [-0.3, -0.25) is 0 Å². The lowest BCUT2D eigenvalue weighted by atomic mass is 9.91. The molecule has 0 saturated heterocycles. The van der Waals surface area contributed by atoms with Crippen LogP contribution in [0.4, 0.5) is 0 Å². The van der Waals surface area contributed by atoms with Crippen LogP contribution in [0.15, 0.2) is 73.3 Å². The van der Waals surface area contributed by atoms with Crippen LogP contribution in [0.25, 0.3) is 11.1 Å². The molecule has 0 amide bonds. The summed E-state index contributed by atoms with van der Waals surface area (Å²) in [5.74, 6) is -0.415. The number of fused-ring (bicyclic) bond motifs is 3. The number of ether oxygens (including phenoxy) is 1. The van der Waals surface area contributed by atoms with Crippen LogP contribution in [0.2, 0.25) is 0 Å². The molecule has 1 aliphatic carbocycles. The SMILES string of the molecule is C=CC1(OC(=O)C(=C)C)c2ccccc2-c2ccccc21. The number of carbonyl (C=O) groups is 1. The first kappa shape index (κ1) is 13.4. The quantitative estimate of drug-likeness (QED) is 0.477. The largest absolute Gasteiger partial charge is 0.441 e. The minimum atomic E-state index is -0.941. The van der Waals surface area contributed by atoms with Crippen molar-refractivity contribution in [2.75, 3.05) is 0 Å². The zero-order chi connectivity index (χ0) is 15.0. The fourth-order valence-corrected chi connectivity index (χ4v) is 2.83. The Hall–Kier alpha value is -2.61. The molecule has 1 aliphatic rings. The Kier molecular flexibility index (Phi) is 3.02. The molecule has 0 radical (unpaired) electrons. The van der Waals surface area contributed by atoms with Gasteiger partial charge in [0.2, 0.25) is 0 Å². The Morgan fingerprint density at radius 1 is 1.05 bits per heavy atom. The van der Waals surface area contributed by atoms with Crippen molar-refractivity contribution in [1.29, 1.82) is 0 Å². The zero-order valence-electron chi connectivity index (χ0n) is 11.9. The van der Waals surface area contributed by atoms with Crippen LogP contribution in [0, 0.1) is 0 Å². The number of esters is 1. The van der Waals surface area contributed by atoms with Crippen LogP contribution in [0.5, 0.6) is 0 Å². The first-order valence-electron chi connectivity index (χ1n) is 6.82. The van der Waals surface area contributed by atoms with E-state index in [1.807, 2.05) is 48.5 Å². The minimum absolute atomic E-state index is 0.373. The van der Waals surface area contributed by atoms with Crippen LogP contribution in [-0.2, 0) is 15.1 Å². The van der Waals surface area contributed by atoms with E-state index in [-0.39, 0.29) is 0 Å². The highest BCUT2D eigenvalue weighted by Gasteiger charge is 2.44. The van der Waals surface area contributed by atoms with Gasteiger partial charge in [-0.2, -0.15) is 0 Å². The van der Waals surface area contributed by atoms with E-state index in [0.717, 1.165) is 22.3 Å². The molecular formula is C19H16O2. The lowest BCUT2D eigenvalue weighted by Gasteiger charge is -2.28. The van der Waals surface area contributed by atoms with Crippen molar-refractivity contribution in [3.05, 3.63) is 84.5 Å². The molecule has 21 heavy (non-hydrogen) atoms. The van der Waals surface area contributed by atoms with Gasteiger partial charge in [-0.1, -0.05) is 61.7 Å². The number of carbonyl (C=O) groups excluding carboxylic acids is 1. The third-order valence-corrected chi connectivity index (χ3v) is 3.83. The maximum atomic E-state index is 12.1. The molecule has 0 atom stereocenters. The van der Waals surface area contributed by atoms with Crippen molar-refractivity contribution in [3.8, 4) is 11.1 Å². The van der Waals surface area contributed by atoms with E-state index in [9.17, 15) is 4.79 Å². The maximum Gasteiger partial charge on any atom is 0.334 e. The molecule has 0 heterocycles. The van der Waals surface area contributed by atoms with Crippen molar-refractivity contribution in [1.82, 2.24) is 0 Å². The van der Waals surface area contributed by atoms with E-state index >= 15 is 0 Å². The van der Waals surface area contributed by atoms with Crippen molar-refractivity contribution < 1.29 is 9.53 Å². The highest BCUT2D eigenvalue weighted by atomic mass is 16.6.